The van der Waals surface area contributed by atoms with Crippen LogP contribution in [0.1, 0.15) is 91.7 Å². The number of carbonyl (C=O) groups is 3. The SMILES string of the molecule is CCCCCNC(=O)C(c1ccc(O)cc1)N(C(=O)C(NC(=O)OC(C)(C)C)C(C)CC)C1CC1. The number of phenolic OH excluding ortho intramolecular Hbond substituents is 1. The van der Waals surface area contributed by atoms with Gasteiger partial charge in [0, 0.05) is 12.6 Å². The molecule has 0 bridgehead atoms. The molecule has 0 aromatic heterocycles. The predicted octanol–water partition coefficient (Wildman–Crippen LogP) is 4.67. The zero-order valence-corrected chi connectivity index (χ0v) is 22.1. The smallest absolute Gasteiger partial charge is 0.408 e. The molecule has 0 radical (unpaired) electrons. The van der Waals surface area contributed by atoms with Crippen LogP contribution in [0.15, 0.2) is 24.3 Å². The van der Waals surface area contributed by atoms with Crippen LogP contribution in [0.25, 0.3) is 0 Å². The van der Waals surface area contributed by atoms with Crippen molar-refractivity contribution >= 4 is 17.9 Å². The largest absolute Gasteiger partial charge is 0.508 e. The second kappa shape index (κ2) is 12.8. The molecule has 35 heavy (non-hydrogen) atoms. The van der Waals surface area contributed by atoms with E-state index in [-0.39, 0.29) is 29.5 Å². The summed E-state index contributed by atoms with van der Waals surface area (Å²) in [6, 6.07) is 4.62. The number of carbonyl (C=O) groups excluding carboxylic acids is 3. The average molecular weight is 490 g/mol. The van der Waals surface area contributed by atoms with Gasteiger partial charge in [0.15, 0.2) is 0 Å². The number of hydrogen-bond donors (Lipinski definition) is 3. The fourth-order valence-electron chi connectivity index (χ4n) is 3.93. The van der Waals surface area contributed by atoms with Crippen molar-refractivity contribution in [3.05, 3.63) is 29.8 Å². The summed E-state index contributed by atoms with van der Waals surface area (Å²) in [4.78, 5) is 41.7. The van der Waals surface area contributed by atoms with E-state index < -0.39 is 23.8 Å². The predicted molar refractivity (Wildman–Crippen MR) is 136 cm³/mol. The van der Waals surface area contributed by atoms with Crippen LogP contribution in [0.3, 0.4) is 0 Å². The molecular weight excluding hydrogens is 446 g/mol. The van der Waals surface area contributed by atoms with Gasteiger partial charge in [-0.3, -0.25) is 9.59 Å². The molecule has 3 unspecified atom stereocenters. The molecule has 0 spiro atoms. The lowest BCUT2D eigenvalue weighted by Gasteiger charge is -2.36. The number of nitrogens with zero attached hydrogens (tertiary/aromatic N) is 1. The molecule has 3 N–H and O–H groups in total. The Hall–Kier alpha value is -2.77. The Kier molecular flexibility index (Phi) is 10.4. The van der Waals surface area contributed by atoms with Gasteiger partial charge in [-0.25, -0.2) is 4.79 Å². The second-order valence-electron chi connectivity index (χ2n) is 10.5. The second-order valence-corrected chi connectivity index (χ2v) is 10.5. The van der Waals surface area contributed by atoms with Gasteiger partial charge in [-0.1, -0.05) is 52.2 Å². The first-order valence-corrected chi connectivity index (χ1v) is 12.9. The van der Waals surface area contributed by atoms with Crippen molar-refractivity contribution in [1.82, 2.24) is 15.5 Å². The summed E-state index contributed by atoms with van der Waals surface area (Å²) in [5, 5.41) is 15.6. The Morgan fingerprint density at radius 1 is 1.11 bits per heavy atom. The van der Waals surface area contributed by atoms with Crippen LogP contribution in [0, 0.1) is 5.92 Å². The number of alkyl carbamates (subject to hydrolysis) is 1. The van der Waals surface area contributed by atoms with Gasteiger partial charge < -0.3 is 25.4 Å². The minimum Gasteiger partial charge on any atom is -0.508 e. The van der Waals surface area contributed by atoms with Crippen LogP contribution >= 0.6 is 0 Å². The molecular formula is C27H43N3O5. The summed E-state index contributed by atoms with van der Waals surface area (Å²) in [5.41, 5.74) is -0.0767. The van der Waals surface area contributed by atoms with Gasteiger partial charge in [0.25, 0.3) is 0 Å². The standard InChI is InChI=1S/C27H43N3O5/c1-7-9-10-17-28-24(32)23(19-11-15-21(31)16-12-19)30(20-13-14-20)25(33)22(18(3)8-2)29-26(34)35-27(4,5)6/h11-12,15-16,18,20,22-23,31H,7-10,13-14,17H2,1-6H3,(H,28,32)(H,29,34). The number of phenols is 1. The lowest BCUT2D eigenvalue weighted by Crippen LogP contribution is -2.55. The third-order valence-corrected chi connectivity index (χ3v) is 6.16. The van der Waals surface area contributed by atoms with E-state index in [1.807, 2.05) is 13.8 Å². The summed E-state index contributed by atoms with van der Waals surface area (Å²) in [5.74, 6) is -0.629. The quantitative estimate of drug-likeness (QED) is 0.370. The van der Waals surface area contributed by atoms with E-state index in [1.54, 1.807) is 37.8 Å². The normalized spacial score (nSPS) is 16.1. The first kappa shape index (κ1) is 28.5. The molecule has 0 heterocycles. The molecule has 196 valence electrons. The Morgan fingerprint density at radius 2 is 1.74 bits per heavy atom. The molecule has 1 aliphatic rings. The van der Waals surface area contributed by atoms with Crippen molar-refractivity contribution in [3.8, 4) is 5.75 Å². The summed E-state index contributed by atoms with van der Waals surface area (Å²) >= 11 is 0. The monoisotopic (exact) mass is 489 g/mol. The number of ether oxygens (including phenoxy) is 1. The topological polar surface area (TPSA) is 108 Å². The minimum atomic E-state index is -0.857. The number of benzene rings is 1. The Morgan fingerprint density at radius 3 is 2.26 bits per heavy atom. The molecule has 0 saturated heterocycles. The van der Waals surface area contributed by atoms with E-state index in [2.05, 4.69) is 17.6 Å². The molecule has 1 fully saturated rings. The maximum atomic E-state index is 14.0. The van der Waals surface area contributed by atoms with Crippen LogP contribution in [0.4, 0.5) is 4.79 Å². The first-order valence-electron chi connectivity index (χ1n) is 12.9. The lowest BCUT2D eigenvalue weighted by molar-refractivity contribution is -0.144. The van der Waals surface area contributed by atoms with E-state index in [4.69, 9.17) is 4.74 Å². The van der Waals surface area contributed by atoms with Crippen molar-refractivity contribution in [2.24, 2.45) is 5.92 Å². The van der Waals surface area contributed by atoms with Gasteiger partial charge >= 0.3 is 6.09 Å². The highest BCUT2D eigenvalue weighted by atomic mass is 16.6. The first-order chi connectivity index (χ1) is 16.5. The van der Waals surface area contributed by atoms with Crippen molar-refractivity contribution in [1.29, 1.82) is 0 Å². The lowest BCUT2D eigenvalue weighted by atomic mass is 9.95. The zero-order chi connectivity index (χ0) is 26.2. The Balaban J connectivity index is 2.38. The van der Waals surface area contributed by atoms with Gasteiger partial charge in [0.05, 0.1) is 0 Å². The minimum absolute atomic E-state index is 0.0872. The fraction of sp³-hybridized carbons (Fsp3) is 0.667. The van der Waals surface area contributed by atoms with Crippen LogP contribution in [-0.4, -0.2) is 52.1 Å². The Labute approximate surface area is 209 Å². The third kappa shape index (κ3) is 8.75. The molecule has 0 aliphatic heterocycles. The zero-order valence-electron chi connectivity index (χ0n) is 22.1. The summed E-state index contributed by atoms with van der Waals surface area (Å²) in [7, 11) is 0. The molecule has 1 aliphatic carbocycles. The number of aromatic hydroxyl groups is 1. The van der Waals surface area contributed by atoms with E-state index >= 15 is 0 Å². The molecule has 1 saturated carbocycles. The summed E-state index contributed by atoms with van der Waals surface area (Å²) in [6.45, 7) is 11.8. The molecule has 1 aromatic carbocycles. The number of hydrogen-bond acceptors (Lipinski definition) is 5. The van der Waals surface area contributed by atoms with Crippen LogP contribution in [0.5, 0.6) is 5.75 Å². The van der Waals surface area contributed by atoms with Gasteiger partial charge in [-0.2, -0.15) is 0 Å². The van der Waals surface area contributed by atoms with Crippen LogP contribution in [-0.2, 0) is 14.3 Å². The maximum absolute atomic E-state index is 14.0. The molecule has 1 aromatic rings. The average Bonchev–Trinajstić information content (AvgIpc) is 3.62. The number of nitrogens with one attached hydrogen (secondary N) is 2. The fourth-order valence-corrected chi connectivity index (χ4v) is 3.93. The highest BCUT2D eigenvalue weighted by molar-refractivity contribution is 5.92. The van der Waals surface area contributed by atoms with Crippen molar-refractivity contribution in [2.75, 3.05) is 6.54 Å². The van der Waals surface area contributed by atoms with Gasteiger partial charge in [-0.05, 0) is 63.6 Å². The summed E-state index contributed by atoms with van der Waals surface area (Å²) in [6.07, 6.45) is 4.50. The molecule has 3 atom stereocenters. The molecule has 3 amide bonds. The van der Waals surface area contributed by atoms with Crippen molar-refractivity contribution in [3.63, 3.8) is 0 Å². The maximum Gasteiger partial charge on any atom is 0.408 e. The van der Waals surface area contributed by atoms with Crippen LogP contribution < -0.4 is 10.6 Å². The highest BCUT2D eigenvalue weighted by Crippen LogP contribution is 2.36. The van der Waals surface area contributed by atoms with E-state index in [1.165, 1.54) is 12.1 Å². The molecule has 8 heteroatoms. The third-order valence-electron chi connectivity index (χ3n) is 6.16. The van der Waals surface area contributed by atoms with E-state index in [0.29, 0.717) is 18.5 Å². The van der Waals surface area contributed by atoms with Crippen molar-refractivity contribution < 1.29 is 24.2 Å². The molecule has 8 nitrogen and oxygen atoms in total. The number of rotatable bonds is 12. The van der Waals surface area contributed by atoms with Gasteiger partial charge in [-0.15, -0.1) is 0 Å². The Bertz CT molecular complexity index is 845. The van der Waals surface area contributed by atoms with E-state index in [9.17, 15) is 19.5 Å². The van der Waals surface area contributed by atoms with Gasteiger partial charge in [0.2, 0.25) is 11.8 Å². The number of unbranched alkanes of at least 4 members (excludes halogenated alkanes) is 2. The summed E-state index contributed by atoms with van der Waals surface area (Å²) < 4.78 is 5.42. The van der Waals surface area contributed by atoms with E-state index in [0.717, 1.165) is 32.1 Å². The van der Waals surface area contributed by atoms with Crippen molar-refractivity contribution in [2.45, 2.75) is 104 Å². The number of amides is 3. The van der Waals surface area contributed by atoms with Gasteiger partial charge in [0.1, 0.15) is 23.4 Å². The van der Waals surface area contributed by atoms with Crippen LogP contribution in [0.2, 0.25) is 0 Å². The molecule has 2 rings (SSSR count). The highest BCUT2D eigenvalue weighted by Gasteiger charge is 2.45.